The molecule has 2 rings (SSSR count). The Morgan fingerprint density at radius 2 is 1.96 bits per heavy atom. The van der Waals surface area contributed by atoms with Crippen LogP contribution in [0.25, 0.3) is 0 Å². The third kappa shape index (κ3) is 5.52. The number of rotatable bonds is 5. The number of hydrogen-bond donors (Lipinski definition) is 0. The van der Waals surface area contributed by atoms with E-state index in [1.807, 2.05) is 51.1 Å². The molecule has 1 aromatic carbocycles. The molecule has 1 saturated heterocycles. The minimum absolute atomic E-state index is 0.00266. The molecule has 0 bridgehead atoms. The molecule has 0 aliphatic carbocycles. The highest BCUT2D eigenvalue weighted by Gasteiger charge is 2.38. The van der Waals surface area contributed by atoms with Gasteiger partial charge in [0.1, 0.15) is 5.60 Å². The van der Waals surface area contributed by atoms with Crippen LogP contribution in [-0.2, 0) is 20.8 Å². The molecule has 0 aromatic heterocycles. The first-order chi connectivity index (χ1) is 10.9. The lowest BCUT2D eigenvalue weighted by molar-refractivity contribution is 0.0103. The van der Waals surface area contributed by atoms with Crippen LogP contribution < -0.4 is 0 Å². The molecule has 1 fully saturated rings. The van der Waals surface area contributed by atoms with Gasteiger partial charge < -0.3 is 19.1 Å². The summed E-state index contributed by atoms with van der Waals surface area (Å²) in [7, 11) is 1.64. The van der Waals surface area contributed by atoms with E-state index >= 15 is 0 Å². The van der Waals surface area contributed by atoms with Gasteiger partial charge in [0.05, 0.1) is 31.9 Å². The van der Waals surface area contributed by atoms with Crippen LogP contribution >= 0.6 is 0 Å². The maximum atomic E-state index is 12.4. The summed E-state index contributed by atoms with van der Waals surface area (Å²) >= 11 is 0. The van der Waals surface area contributed by atoms with Gasteiger partial charge in [-0.1, -0.05) is 30.3 Å². The maximum Gasteiger partial charge on any atom is 0.410 e. The van der Waals surface area contributed by atoms with Crippen molar-refractivity contribution >= 4 is 6.09 Å². The average molecular weight is 321 g/mol. The topological polar surface area (TPSA) is 48.0 Å². The van der Waals surface area contributed by atoms with E-state index in [-0.39, 0.29) is 18.2 Å². The van der Waals surface area contributed by atoms with Crippen LogP contribution in [0.4, 0.5) is 4.79 Å². The number of ether oxygens (including phenoxy) is 3. The van der Waals surface area contributed by atoms with Crippen molar-refractivity contribution < 1.29 is 19.0 Å². The Balaban J connectivity index is 1.93. The van der Waals surface area contributed by atoms with Crippen molar-refractivity contribution in [1.82, 2.24) is 4.90 Å². The quantitative estimate of drug-likeness (QED) is 0.835. The fourth-order valence-electron chi connectivity index (χ4n) is 2.68. The van der Waals surface area contributed by atoms with Crippen molar-refractivity contribution in [2.75, 3.05) is 20.3 Å². The standard InChI is InChI=1S/C18H27NO4/c1-18(2,3)23-17(20)19-11-16(10-15(19)13-21-4)22-12-14-8-6-5-7-9-14/h5-9,15-16H,10-13H2,1-4H3. The van der Waals surface area contributed by atoms with Crippen molar-refractivity contribution in [3.8, 4) is 0 Å². The second kappa shape index (κ2) is 7.79. The van der Waals surface area contributed by atoms with Crippen LogP contribution in [0, 0.1) is 0 Å². The van der Waals surface area contributed by atoms with Gasteiger partial charge in [0, 0.05) is 7.11 Å². The van der Waals surface area contributed by atoms with Crippen molar-refractivity contribution in [2.24, 2.45) is 0 Å². The Kier molecular flexibility index (Phi) is 6.02. The van der Waals surface area contributed by atoms with E-state index in [0.29, 0.717) is 19.8 Å². The zero-order chi connectivity index (χ0) is 16.9. The number of likely N-dealkylation sites (tertiary alicyclic amines) is 1. The molecule has 1 aromatic rings. The summed E-state index contributed by atoms with van der Waals surface area (Å²) in [5.41, 5.74) is 0.629. The third-order valence-corrected chi connectivity index (χ3v) is 3.69. The Labute approximate surface area is 138 Å². The van der Waals surface area contributed by atoms with Crippen LogP contribution in [0.5, 0.6) is 0 Å². The van der Waals surface area contributed by atoms with Gasteiger partial charge in [-0.2, -0.15) is 0 Å². The van der Waals surface area contributed by atoms with Gasteiger partial charge in [-0.25, -0.2) is 4.79 Å². The minimum atomic E-state index is -0.502. The molecule has 0 N–H and O–H groups in total. The molecule has 128 valence electrons. The zero-order valence-electron chi connectivity index (χ0n) is 14.5. The molecule has 0 spiro atoms. The van der Waals surface area contributed by atoms with E-state index in [9.17, 15) is 4.79 Å². The predicted molar refractivity (Wildman–Crippen MR) is 88.2 cm³/mol. The van der Waals surface area contributed by atoms with Crippen LogP contribution in [0.2, 0.25) is 0 Å². The largest absolute Gasteiger partial charge is 0.444 e. The van der Waals surface area contributed by atoms with Crippen LogP contribution in [0.3, 0.4) is 0 Å². The Morgan fingerprint density at radius 3 is 2.57 bits per heavy atom. The molecule has 5 heteroatoms. The summed E-state index contributed by atoms with van der Waals surface area (Å²) < 4.78 is 16.7. The van der Waals surface area contributed by atoms with E-state index in [1.54, 1.807) is 12.0 Å². The normalized spacial score (nSPS) is 21.5. The number of nitrogens with zero attached hydrogens (tertiary/aromatic N) is 1. The fourth-order valence-corrected chi connectivity index (χ4v) is 2.68. The highest BCUT2D eigenvalue weighted by Crippen LogP contribution is 2.24. The highest BCUT2D eigenvalue weighted by atomic mass is 16.6. The molecule has 1 aliphatic heterocycles. The lowest BCUT2D eigenvalue weighted by Crippen LogP contribution is -2.41. The lowest BCUT2D eigenvalue weighted by atomic mass is 10.2. The van der Waals surface area contributed by atoms with Crippen molar-refractivity contribution in [3.63, 3.8) is 0 Å². The lowest BCUT2D eigenvalue weighted by Gasteiger charge is -2.28. The maximum absolute atomic E-state index is 12.4. The van der Waals surface area contributed by atoms with E-state index in [2.05, 4.69) is 0 Å². The van der Waals surface area contributed by atoms with Gasteiger partial charge in [-0.05, 0) is 32.8 Å². The number of amides is 1. The highest BCUT2D eigenvalue weighted by molar-refractivity contribution is 5.69. The first-order valence-electron chi connectivity index (χ1n) is 8.03. The molecule has 2 unspecified atom stereocenters. The third-order valence-electron chi connectivity index (χ3n) is 3.69. The summed E-state index contributed by atoms with van der Waals surface area (Å²) in [6.45, 7) is 7.19. The number of hydrogen-bond acceptors (Lipinski definition) is 4. The molecule has 23 heavy (non-hydrogen) atoms. The van der Waals surface area contributed by atoms with E-state index in [1.165, 1.54) is 0 Å². The monoisotopic (exact) mass is 321 g/mol. The van der Waals surface area contributed by atoms with E-state index in [0.717, 1.165) is 12.0 Å². The summed E-state index contributed by atoms with van der Waals surface area (Å²) in [6, 6.07) is 10.0. The Morgan fingerprint density at radius 1 is 1.26 bits per heavy atom. The molecule has 5 nitrogen and oxygen atoms in total. The summed E-state index contributed by atoms with van der Waals surface area (Å²) in [4.78, 5) is 14.1. The summed E-state index contributed by atoms with van der Waals surface area (Å²) in [5.74, 6) is 0. The van der Waals surface area contributed by atoms with Gasteiger partial charge >= 0.3 is 6.09 Å². The minimum Gasteiger partial charge on any atom is -0.444 e. The summed E-state index contributed by atoms with van der Waals surface area (Å²) in [5, 5.41) is 0. The van der Waals surface area contributed by atoms with Crippen LogP contribution in [-0.4, -0.2) is 49.0 Å². The van der Waals surface area contributed by atoms with Gasteiger partial charge in [-0.15, -0.1) is 0 Å². The second-order valence-electron chi connectivity index (χ2n) is 6.90. The van der Waals surface area contributed by atoms with Crippen molar-refractivity contribution in [3.05, 3.63) is 35.9 Å². The predicted octanol–water partition coefficient (Wildman–Crippen LogP) is 3.23. The first-order valence-corrected chi connectivity index (χ1v) is 8.03. The fraction of sp³-hybridized carbons (Fsp3) is 0.611. The number of methoxy groups -OCH3 is 1. The van der Waals surface area contributed by atoms with Gasteiger partial charge in [-0.3, -0.25) is 0 Å². The van der Waals surface area contributed by atoms with Crippen LogP contribution in [0.1, 0.15) is 32.8 Å². The summed E-state index contributed by atoms with van der Waals surface area (Å²) in [6.07, 6.45) is 0.466. The molecule has 1 aliphatic rings. The SMILES string of the molecule is COCC1CC(OCc2ccccc2)CN1C(=O)OC(C)(C)C. The molecule has 2 atom stereocenters. The second-order valence-corrected chi connectivity index (χ2v) is 6.90. The van der Waals surface area contributed by atoms with Gasteiger partial charge in [0.2, 0.25) is 0 Å². The zero-order valence-corrected chi connectivity index (χ0v) is 14.5. The first kappa shape index (κ1) is 17.8. The number of benzene rings is 1. The molecule has 1 heterocycles. The number of carbonyl (C=O) groups is 1. The smallest absolute Gasteiger partial charge is 0.410 e. The van der Waals surface area contributed by atoms with Crippen molar-refractivity contribution in [1.29, 1.82) is 0 Å². The Bertz CT molecular complexity index is 497. The molecule has 1 amide bonds. The van der Waals surface area contributed by atoms with Crippen molar-refractivity contribution in [2.45, 2.75) is 51.5 Å². The van der Waals surface area contributed by atoms with E-state index < -0.39 is 5.60 Å². The average Bonchev–Trinajstić information content (AvgIpc) is 2.88. The molecule has 0 saturated carbocycles. The van der Waals surface area contributed by atoms with Gasteiger partial charge in [0.25, 0.3) is 0 Å². The number of carbonyl (C=O) groups excluding carboxylic acids is 1. The molecule has 0 radical (unpaired) electrons. The molecular formula is C18H27NO4. The van der Waals surface area contributed by atoms with Crippen LogP contribution in [0.15, 0.2) is 30.3 Å². The Hall–Kier alpha value is -1.59. The van der Waals surface area contributed by atoms with Gasteiger partial charge in [0.15, 0.2) is 0 Å². The molecular weight excluding hydrogens is 294 g/mol. The van der Waals surface area contributed by atoms with E-state index in [4.69, 9.17) is 14.2 Å².